The first-order valence-electron chi connectivity index (χ1n) is 11.0. The SMILES string of the molecule is CCCCN(P(c1ccccc1F)c1ccccc1F)P1[C@H](CC)CC[C@H]1CC. The van der Waals surface area contributed by atoms with Crippen molar-refractivity contribution in [3.63, 3.8) is 0 Å². The van der Waals surface area contributed by atoms with Crippen molar-refractivity contribution in [2.75, 3.05) is 6.54 Å². The summed E-state index contributed by atoms with van der Waals surface area (Å²) in [5.41, 5.74) is 1.32. The Hall–Kier alpha value is -0.880. The Morgan fingerprint density at radius 3 is 1.76 bits per heavy atom. The van der Waals surface area contributed by atoms with E-state index in [0.717, 1.165) is 32.2 Å². The van der Waals surface area contributed by atoms with Gasteiger partial charge in [0.1, 0.15) is 11.6 Å². The second-order valence-electron chi connectivity index (χ2n) is 7.75. The summed E-state index contributed by atoms with van der Waals surface area (Å²) in [6, 6.07) is 14.1. The molecule has 0 radical (unpaired) electrons. The van der Waals surface area contributed by atoms with Crippen LogP contribution in [-0.2, 0) is 0 Å². The fourth-order valence-corrected chi connectivity index (χ4v) is 12.0. The Bertz CT molecular complexity index is 727. The molecule has 0 unspecified atom stereocenters. The van der Waals surface area contributed by atoms with Crippen molar-refractivity contribution >= 4 is 26.8 Å². The highest BCUT2D eigenvalue weighted by atomic mass is 31.2. The summed E-state index contributed by atoms with van der Waals surface area (Å²) >= 11 is 0. The maximum atomic E-state index is 15.1. The van der Waals surface area contributed by atoms with E-state index in [2.05, 4.69) is 25.2 Å². The second-order valence-corrected chi connectivity index (χ2v) is 12.8. The van der Waals surface area contributed by atoms with Gasteiger partial charge in [0.25, 0.3) is 0 Å². The fourth-order valence-electron chi connectivity index (χ4n) is 4.35. The normalized spacial score (nSPS) is 20.1. The van der Waals surface area contributed by atoms with Gasteiger partial charge >= 0.3 is 0 Å². The predicted octanol–water partition coefficient (Wildman–Crippen LogP) is 7.16. The third-order valence-corrected chi connectivity index (χ3v) is 12.8. The standard InChI is InChI=1S/C24H33F2NP2/c1-4-7-18-27(28-19(5-2)16-17-20(28)6-3)29(23-14-10-8-12-21(23)25)24-15-11-9-13-22(24)26/h8-15,19-20H,4-7,16-18H2,1-3H3/t19-,20-/m1/s1. The van der Waals surface area contributed by atoms with E-state index >= 15 is 8.78 Å². The van der Waals surface area contributed by atoms with E-state index in [9.17, 15) is 0 Å². The van der Waals surface area contributed by atoms with Crippen LogP contribution < -0.4 is 10.6 Å². The molecule has 0 saturated carbocycles. The Morgan fingerprint density at radius 1 is 0.862 bits per heavy atom. The van der Waals surface area contributed by atoms with Crippen LogP contribution in [0, 0.1) is 11.6 Å². The number of benzene rings is 2. The van der Waals surface area contributed by atoms with Gasteiger partial charge in [-0.15, -0.1) is 0 Å². The van der Waals surface area contributed by atoms with Crippen molar-refractivity contribution in [3.8, 4) is 0 Å². The Kier molecular flexibility index (Phi) is 8.60. The minimum absolute atomic E-state index is 0.210. The summed E-state index contributed by atoms with van der Waals surface area (Å²) < 4.78 is 32.7. The smallest absolute Gasteiger partial charge is 0.132 e. The van der Waals surface area contributed by atoms with Crippen LogP contribution >= 0.6 is 16.1 Å². The lowest BCUT2D eigenvalue weighted by atomic mass is 10.1. The summed E-state index contributed by atoms with van der Waals surface area (Å²) in [7, 11) is -1.66. The molecule has 1 aliphatic heterocycles. The number of hydrogen-bond donors (Lipinski definition) is 0. The molecule has 0 bridgehead atoms. The molecule has 0 aromatic heterocycles. The molecule has 0 spiro atoms. The molecule has 1 heterocycles. The van der Waals surface area contributed by atoms with Crippen molar-refractivity contribution in [1.29, 1.82) is 0 Å². The minimum Gasteiger partial charge on any atom is -0.252 e. The first-order chi connectivity index (χ1) is 14.1. The lowest BCUT2D eigenvalue weighted by Crippen LogP contribution is -2.32. The lowest BCUT2D eigenvalue weighted by Gasteiger charge is -2.42. The summed E-state index contributed by atoms with van der Waals surface area (Å²) in [5.74, 6) is -0.419. The van der Waals surface area contributed by atoms with E-state index in [-0.39, 0.29) is 11.6 Å². The van der Waals surface area contributed by atoms with Gasteiger partial charge in [-0.2, -0.15) is 0 Å². The molecule has 3 rings (SSSR count). The highest BCUT2D eigenvalue weighted by Gasteiger charge is 2.42. The van der Waals surface area contributed by atoms with E-state index in [1.54, 1.807) is 12.1 Å². The van der Waals surface area contributed by atoms with Gasteiger partial charge in [-0.1, -0.05) is 51.5 Å². The Labute approximate surface area is 177 Å². The van der Waals surface area contributed by atoms with Crippen LogP contribution in [0.1, 0.15) is 59.3 Å². The second kappa shape index (κ2) is 10.9. The Balaban J connectivity index is 2.15. The van der Waals surface area contributed by atoms with E-state index in [1.807, 2.05) is 24.3 Å². The summed E-state index contributed by atoms with van der Waals surface area (Å²) in [4.78, 5) is 0. The van der Waals surface area contributed by atoms with Gasteiger partial charge in [-0.05, 0) is 75.8 Å². The number of hydrogen-bond acceptors (Lipinski definition) is 1. The molecular formula is C24H33F2NP2. The molecule has 29 heavy (non-hydrogen) atoms. The van der Waals surface area contributed by atoms with Crippen LogP contribution in [-0.4, -0.2) is 22.3 Å². The van der Waals surface area contributed by atoms with Gasteiger partial charge in [-0.3, -0.25) is 4.44 Å². The largest absolute Gasteiger partial charge is 0.252 e. The number of nitrogens with zero attached hydrogens (tertiary/aromatic N) is 1. The highest BCUT2D eigenvalue weighted by Crippen LogP contribution is 2.67. The van der Waals surface area contributed by atoms with E-state index in [4.69, 9.17) is 0 Å². The van der Waals surface area contributed by atoms with Gasteiger partial charge in [0.2, 0.25) is 0 Å². The van der Waals surface area contributed by atoms with Crippen molar-refractivity contribution in [3.05, 3.63) is 60.2 Å². The van der Waals surface area contributed by atoms with Crippen LogP contribution in [0.5, 0.6) is 0 Å². The van der Waals surface area contributed by atoms with Gasteiger partial charge in [0.05, 0.1) is 0 Å². The zero-order valence-electron chi connectivity index (χ0n) is 17.8. The van der Waals surface area contributed by atoms with Crippen molar-refractivity contribution < 1.29 is 8.78 Å². The molecule has 0 amide bonds. The van der Waals surface area contributed by atoms with Gasteiger partial charge in [0, 0.05) is 25.2 Å². The monoisotopic (exact) mass is 435 g/mol. The highest BCUT2D eigenvalue weighted by molar-refractivity contribution is 7.79. The van der Waals surface area contributed by atoms with Crippen LogP contribution in [0.15, 0.2) is 48.5 Å². The minimum atomic E-state index is -1.23. The molecule has 158 valence electrons. The van der Waals surface area contributed by atoms with Crippen LogP contribution in [0.25, 0.3) is 0 Å². The predicted molar refractivity (Wildman–Crippen MR) is 125 cm³/mol. The molecule has 1 saturated heterocycles. The van der Waals surface area contributed by atoms with Gasteiger partial charge < -0.3 is 0 Å². The molecule has 0 aliphatic carbocycles. The van der Waals surface area contributed by atoms with E-state index < -0.39 is 16.1 Å². The lowest BCUT2D eigenvalue weighted by molar-refractivity contribution is 0.614. The van der Waals surface area contributed by atoms with E-state index in [1.165, 1.54) is 25.0 Å². The summed E-state index contributed by atoms with van der Waals surface area (Å²) in [6.45, 7) is 7.68. The maximum Gasteiger partial charge on any atom is 0.132 e. The van der Waals surface area contributed by atoms with Crippen molar-refractivity contribution in [1.82, 2.24) is 4.44 Å². The quantitative estimate of drug-likeness (QED) is 0.378. The molecular weight excluding hydrogens is 402 g/mol. The molecule has 1 nitrogen and oxygen atoms in total. The van der Waals surface area contributed by atoms with Gasteiger partial charge in [-0.25, -0.2) is 8.78 Å². The third kappa shape index (κ3) is 5.07. The molecule has 2 aromatic rings. The average molecular weight is 435 g/mol. The first kappa shape index (κ1) is 22.8. The zero-order valence-corrected chi connectivity index (χ0v) is 19.6. The summed E-state index contributed by atoms with van der Waals surface area (Å²) in [5, 5.41) is 1.34. The van der Waals surface area contributed by atoms with Gasteiger partial charge in [0.15, 0.2) is 0 Å². The molecule has 2 atom stereocenters. The molecule has 1 aliphatic rings. The van der Waals surface area contributed by atoms with Crippen LogP contribution in [0.3, 0.4) is 0 Å². The number of unbranched alkanes of at least 4 members (excludes halogenated alkanes) is 1. The molecule has 2 aromatic carbocycles. The average Bonchev–Trinajstić information content (AvgIpc) is 3.16. The Morgan fingerprint density at radius 2 is 1.34 bits per heavy atom. The maximum absolute atomic E-state index is 15.1. The zero-order chi connectivity index (χ0) is 20.8. The molecule has 5 heteroatoms. The third-order valence-electron chi connectivity index (χ3n) is 5.89. The topological polar surface area (TPSA) is 3.24 Å². The molecule has 0 N–H and O–H groups in total. The van der Waals surface area contributed by atoms with Crippen LogP contribution in [0.4, 0.5) is 8.78 Å². The number of halogens is 2. The summed E-state index contributed by atoms with van der Waals surface area (Å²) in [6.07, 6.45) is 6.96. The van der Waals surface area contributed by atoms with Crippen molar-refractivity contribution in [2.24, 2.45) is 0 Å². The van der Waals surface area contributed by atoms with Crippen molar-refractivity contribution in [2.45, 2.75) is 70.6 Å². The van der Waals surface area contributed by atoms with Crippen LogP contribution in [0.2, 0.25) is 0 Å². The first-order valence-corrected chi connectivity index (χ1v) is 13.7. The number of rotatable bonds is 9. The fraction of sp³-hybridized carbons (Fsp3) is 0.500. The van der Waals surface area contributed by atoms with E-state index in [0.29, 0.717) is 21.9 Å². The molecule has 1 fully saturated rings.